The second-order valence-electron chi connectivity index (χ2n) is 4.87. The molecule has 108 valence electrons. The van der Waals surface area contributed by atoms with E-state index in [4.69, 9.17) is 22.4 Å². The molecule has 1 aromatic carbocycles. The van der Waals surface area contributed by atoms with Crippen molar-refractivity contribution < 1.29 is 0 Å². The maximum Gasteiger partial charge on any atom is 0.0677 e. The van der Waals surface area contributed by atoms with Gasteiger partial charge in [-0.25, -0.2) is 0 Å². The Balaban J connectivity index is 2.39. The van der Waals surface area contributed by atoms with Gasteiger partial charge >= 0.3 is 0 Å². The zero-order valence-electron chi connectivity index (χ0n) is 12.2. The lowest BCUT2D eigenvalue weighted by Gasteiger charge is -2.09. The molecule has 0 aliphatic heterocycles. The van der Waals surface area contributed by atoms with Gasteiger partial charge in [0.15, 0.2) is 0 Å². The highest BCUT2D eigenvalue weighted by molar-refractivity contribution is 6.31. The summed E-state index contributed by atoms with van der Waals surface area (Å²) in [5, 5.41) is 5.55. The Morgan fingerprint density at radius 1 is 1.20 bits per heavy atom. The first kappa shape index (κ1) is 15.1. The van der Waals surface area contributed by atoms with E-state index in [-0.39, 0.29) is 0 Å². The number of nitrogens with two attached hydrogens (primary N) is 1. The molecule has 3 nitrogen and oxygen atoms in total. The summed E-state index contributed by atoms with van der Waals surface area (Å²) in [6, 6.07) is 7.94. The molecule has 2 rings (SSSR count). The molecule has 0 aliphatic carbocycles. The summed E-state index contributed by atoms with van der Waals surface area (Å²) < 4.78 is 2.09. The van der Waals surface area contributed by atoms with Crippen molar-refractivity contribution in [2.45, 2.75) is 39.7 Å². The highest BCUT2D eigenvalue weighted by Gasteiger charge is 2.15. The summed E-state index contributed by atoms with van der Waals surface area (Å²) >= 11 is 6.25. The number of hydrogen-bond acceptors (Lipinski definition) is 2. The monoisotopic (exact) mass is 291 g/mol. The van der Waals surface area contributed by atoms with Gasteiger partial charge in [-0.3, -0.25) is 4.68 Å². The first-order chi connectivity index (χ1) is 9.71. The molecule has 2 N–H and O–H groups in total. The van der Waals surface area contributed by atoms with Crippen LogP contribution in [0.15, 0.2) is 24.3 Å². The Bertz CT molecular complexity index is 575. The average Bonchev–Trinajstić information content (AvgIpc) is 2.79. The molecule has 0 fully saturated rings. The second-order valence-corrected chi connectivity index (χ2v) is 5.27. The van der Waals surface area contributed by atoms with Crippen LogP contribution in [0.3, 0.4) is 0 Å². The Labute approximate surface area is 125 Å². The predicted molar refractivity (Wildman–Crippen MR) is 84.3 cm³/mol. The van der Waals surface area contributed by atoms with Gasteiger partial charge in [0.2, 0.25) is 0 Å². The Hall–Kier alpha value is -1.32. The third-order valence-corrected chi connectivity index (χ3v) is 3.96. The molecule has 0 unspecified atom stereocenters. The zero-order chi connectivity index (χ0) is 14.5. The average molecular weight is 292 g/mol. The summed E-state index contributed by atoms with van der Waals surface area (Å²) in [5.41, 5.74) is 10.6. The molecule has 0 radical (unpaired) electrons. The number of halogens is 1. The molecule has 0 spiro atoms. The van der Waals surface area contributed by atoms with Crippen LogP contribution < -0.4 is 5.73 Å². The van der Waals surface area contributed by atoms with Crippen molar-refractivity contribution in [1.29, 1.82) is 0 Å². The van der Waals surface area contributed by atoms with Gasteiger partial charge < -0.3 is 5.73 Å². The maximum absolute atomic E-state index is 6.25. The maximum atomic E-state index is 6.25. The number of aryl methyl sites for hydroxylation is 1. The molecule has 2 aromatic rings. The quantitative estimate of drug-likeness (QED) is 0.888. The van der Waals surface area contributed by atoms with Crippen molar-refractivity contribution in [3.05, 3.63) is 51.8 Å². The highest BCUT2D eigenvalue weighted by atomic mass is 35.5. The fourth-order valence-electron chi connectivity index (χ4n) is 2.62. The lowest BCUT2D eigenvalue weighted by atomic mass is 10.1. The van der Waals surface area contributed by atoms with E-state index in [0.29, 0.717) is 6.54 Å². The van der Waals surface area contributed by atoms with Gasteiger partial charge in [-0.2, -0.15) is 5.10 Å². The minimum Gasteiger partial charge on any atom is -0.330 e. The van der Waals surface area contributed by atoms with Crippen LogP contribution in [-0.4, -0.2) is 16.3 Å². The smallest absolute Gasteiger partial charge is 0.0677 e. The van der Waals surface area contributed by atoms with Crippen LogP contribution in [0.2, 0.25) is 5.02 Å². The van der Waals surface area contributed by atoms with E-state index in [9.17, 15) is 0 Å². The SMILES string of the molecule is CCc1nn(Cc2ccccc2Cl)c(CC)c1CCN. The van der Waals surface area contributed by atoms with E-state index < -0.39 is 0 Å². The minimum atomic E-state index is 0.664. The van der Waals surface area contributed by atoms with E-state index in [1.54, 1.807) is 0 Å². The molecular formula is C16H22ClN3. The first-order valence-electron chi connectivity index (χ1n) is 7.22. The highest BCUT2D eigenvalue weighted by Crippen LogP contribution is 2.21. The summed E-state index contributed by atoms with van der Waals surface area (Å²) in [5.74, 6) is 0. The van der Waals surface area contributed by atoms with E-state index in [1.807, 2.05) is 18.2 Å². The zero-order valence-corrected chi connectivity index (χ0v) is 13.0. The van der Waals surface area contributed by atoms with Crippen molar-refractivity contribution >= 4 is 11.6 Å². The minimum absolute atomic E-state index is 0.664. The van der Waals surface area contributed by atoms with Crippen molar-refractivity contribution in [1.82, 2.24) is 9.78 Å². The lowest BCUT2D eigenvalue weighted by Crippen LogP contribution is -2.09. The van der Waals surface area contributed by atoms with Crippen molar-refractivity contribution in [2.24, 2.45) is 5.73 Å². The number of hydrogen-bond donors (Lipinski definition) is 1. The Kier molecular flexibility index (Phi) is 5.21. The Morgan fingerprint density at radius 3 is 2.55 bits per heavy atom. The fourth-order valence-corrected chi connectivity index (χ4v) is 2.82. The standard InChI is InChI=1S/C16H22ClN3/c1-3-15-13(9-10-18)16(4-2)20(19-15)11-12-7-5-6-8-14(12)17/h5-8H,3-4,9-11,18H2,1-2H3. The van der Waals surface area contributed by atoms with E-state index in [1.165, 1.54) is 17.0 Å². The molecule has 4 heteroatoms. The summed E-state index contributed by atoms with van der Waals surface area (Å²) in [6.07, 6.45) is 2.81. The molecule has 1 aromatic heterocycles. The molecule has 20 heavy (non-hydrogen) atoms. The van der Waals surface area contributed by atoms with Crippen molar-refractivity contribution in [3.63, 3.8) is 0 Å². The van der Waals surface area contributed by atoms with Gasteiger partial charge in [0.1, 0.15) is 0 Å². The molecule has 0 aliphatic rings. The summed E-state index contributed by atoms with van der Waals surface area (Å²) in [7, 11) is 0. The van der Waals surface area contributed by atoms with Gasteiger partial charge in [-0.05, 0) is 43.0 Å². The topological polar surface area (TPSA) is 43.8 Å². The van der Waals surface area contributed by atoms with Crippen LogP contribution in [0, 0.1) is 0 Å². The van der Waals surface area contributed by atoms with Gasteiger partial charge in [0.05, 0.1) is 12.2 Å². The van der Waals surface area contributed by atoms with Crippen LogP contribution in [0.25, 0.3) is 0 Å². The van der Waals surface area contributed by atoms with Gasteiger partial charge in [0.25, 0.3) is 0 Å². The molecule has 0 bridgehead atoms. The summed E-state index contributed by atoms with van der Waals surface area (Å²) in [4.78, 5) is 0. The predicted octanol–water partition coefficient (Wildman–Crippen LogP) is 3.21. The molecule has 0 atom stereocenters. The van der Waals surface area contributed by atoms with E-state index in [2.05, 4.69) is 24.6 Å². The van der Waals surface area contributed by atoms with Crippen LogP contribution >= 0.6 is 11.6 Å². The van der Waals surface area contributed by atoms with Crippen molar-refractivity contribution in [2.75, 3.05) is 6.54 Å². The normalized spacial score (nSPS) is 11.0. The molecule has 1 heterocycles. The number of benzene rings is 1. The number of nitrogens with zero attached hydrogens (tertiary/aromatic N) is 2. The number of aromatic nitrogens is 2. The second kappa shape index (κ2) is 6.91. The van der Waals surface area contributed by atoms with E-state index in [0.717, 1.165) is 36.4 Å². The Morgan fingerprint density at radius 2 is 1.95 bits per heavy atom. The molecular weight excluding hydrogens is 270 g/mol. The van der Waals surface area contributed by atoms with E-state index >= 15 is 0 Å². The molecule has 0 saturated heterocycles. The lowest BCUT2D eigenvalue weighted by molar-refractivity contribution is 0.639. The molecule has 0 amide bonds. The number of rotatable bonds is 6. The van der Waals surface area contributed by atoms with Gasteiger partial charge in [0, 0.05) is 10.7 Å². The van der Waals surface area contributed by atoms with Crippen LogP contribution in [-0.2, 0) is 25.8 Å². The molecule has 0 saturated carbocycles. The van der Waals surface area contributed by atoms with Crippen LogP contribution in [0.4, 0.5) is 0 Å². The van der Waals surface area contributed by atoms with Crippen LogP contribution in [0.1, 0.15) is 36.4 Å². The third kappa shape index (κ3) is 3.05. The van der Waals surface area contributed by atoms with Crippen molar-refractivity contribution in [3.8, 4) is 0 Å². The summed E-state index contributed by atoms with van der Waals surface area (Å²) in [6.45, 7) is 5.69. The largest absolute Gasteiger partial charge is 0.330 e. The van der Waals surface area contributed by atoms with Crippen LogP contribution in [0.5, 0.6) is 0 Å². The fraction of sp³-hybridized carbons (Fsp3) is 0.438. The first-order valence-corrected chi connectivity index (χ1v) is 7.59. The van der Waals surface area contributed by atoms with Gasteiger partial charge in [-0.1, -0.05) is 43.6 Å². The van der Waals surface area contributed by atoms with Gasteiger partial charge in [-0.15, -0.1) is 0 Å². The third-order valence-electron chi connectivity index (χ3n) is 3.59.